The van der Waals surface area contributed by atoms with E-state index in [2.05, 4.69) is 156 Å². The van der Waals surface area contributed by atoms with Crippen molar-refractivity contribution in [2.45, 2.75) is 0 Å². The third-order valence-corrected chi connectivity index (χ3v) is 9.49. The molecule has 0 spiro atoms. The molecule has 198 valence electrons. The number of hydrogen-bond acceptors (Lipinski definition) is 0. The first-order valence-corrected chi connectivity index (χ1v) is 15.0. The van der Waals surface area contributed by atoms with Gasteiger partial charge in [0.15, 0.2) is 0 Å². The van der Waals surface area contributed by atoms with Crippen LogP contribution >= 0.6 is 0 Å². The summed E-state index contributed by atoms with van der Waals surface area (Å²) in [6.07, 6.45) is 0. The largest absolute Gasteiger partial charge is 0.308 e. The normalized spacial score (nSPS) is 12.2. The summed E-state index contributed by atoms with van der Waals surface area (Å²) in [4.78, 5) is 0. The van der Waals surface area contributed by atoms with Gasteiger partial charge in [-0.15, -0.1) is 0 Å². The highest BCUT2D eigenvalue weighted by atomic mass is 15.0. The van der Waals surface area contributed by atoms with Gasteiger partial charge in [-0.1, -0.05) is 133 Å². The molecule has 0 bridgehead atoms. The zero-order valence-corrected chi connectivity index (χ0v) is 23.4. The third-order valence-electron chi connectivity index (χ3n) is 9.49. The number of fused-ring (bicyclic) bond motifs is 6. The van der Waals surface area contributed by atoms with Gasteiger partial charge in [0, 0.05) is 21.5 Å². The van der Waals surface area contributed by atoms with Crippen LogP contribution in [-0.2, 0) is 0 Å². The van der Waals surface area contributed by atoms with Gasteiger partial charge < -0.3 is 4.57 Å². The van der Waals surface area contributed by atoms with E-state index in [0.717, 1.165) is 0 Å². The summed E-state index contributed by atoms with van der Waals surface area (Å²) < 4.78 is 2.54. The summed E-state index contributed by atoms with van der Waals surface area (Å²) in [7, 11) is 0. The number of benzene rings is 9. The van der Waals surface area contributed by atoms with Gasteiger partial charge >= 0.3 is 0 Å². The van der Waals surface area contributed by atoms with Crippen LogP contribution in [0.5, 0.6) is 0 Å². The number of nitrogens with zero attached hydrogens (tertiary/aromatic N) is 1. The smallest absolute Gasteiger partial charge is 0.0619 e. The molecule has 10 aromatic rings. The van der Waals surface area contributed by atoms with Crippen LogP contribution in [0.2, 0.25) is 0 Å². The molecule has 0 unspecified atom stereocenters. The van der Waals surface area contributed by atoms with E-state index in [1.807, 2.05) is 0 Å². The molecular weight excluding hydrogens is 518 g/mol. The molecular formula is C42H25N. The van der Waals surface area contributed by atoms with E-state index in [1.54, 1.807) is 0 Å². The molecule has 1 heterocycles. The van der Waals surface area contributed by atoms with Gasteiger partial charge in [0.2, 0.25) is 0 Å². The maximum absolute atomic E-state index is 2.54. The van der Waals surface area contributed by atoms with E-state index < -0.39 is 0 Å². The molecule has 1 heteroatoms. The van der Waals surface area contributed by atoms with E-state index >= 15 is 0 Å². The summed E-state index contributed by atoms with van der Waals surface area (Å²) in [6.45, 7) is 0. The molecule has 1 nitrogen and oxygen atoms in total. The van der Waals surface area contributed by atoms with Gasteiger partial charge in [-0.05, 0) is 72.4 Å². The molecule has 0 radical (unpaired) electrons. The van der Waals surface area contributed by atoms with Crippen molar-refractivity contribution in [1.82, 2.24) is 4.57 Å². The monoisotopic (exact) mass is 543 g/mol. The molecule has 0 amide bonds. The maximum Gasteiger partial charge on any atom is 0.0619 e. The van der Waals surface area contributed by atoms with Crippen molar-refractivity contribution in [1.29, 1.82) is 0 Å². The Kier molecular flexibility index (Phi) is 4.51. The second kappa shape index (κ2) is 8.44. The fourth-order valence-corrected chi connectivity index (χ4v) is 7.75. The van der Waals surface area contributed by atoms with Crippen LogP contribution in [0.25, 0.3) is 92.5 Å². The minimum atomic E-state index is 1.25. The lowest BCUT2D eigenvalue weighted by Crippen LogP contribution is -1.99. The molecule has 0 aliphatic rings. The highest BCUT2D eigenvalue weighted by molar-refractivity contribution is 6.35. The van der Waals surface area contributed by atoms with Gasteiger partial charge in [-0.2, -0.15) is 0 Å². The summed E-state index contributed by atoms with van der Waals surface area (Å²) in [6, 6.07) is 56.0. The van der Waals surface area contributed by atoms with Crippen molar-refractivity contribution in [2.24, 2.45) is 0 Å². The van der Waals surface area contributed by atoms with Crippen molar-refractivity contribution < 1.29 is 0 Å². The number of rotatable bonds is 2. The van der Waals surface area contributed by atoms with Gasteiger partial charge in [-0.25, -0.2) is 0 Å². The summed E-state index contributed by atoms with van der Waals surface area (Å²) in [5, 5.41) is 15.5. The molecule has 0 fully saturated rings. The average Bonchev–Trinajstić information content (AvgIpc) is 3.41. The highest BCUT2D eigenvalue weighted by Gasteiger charge is 2.23. The van der Waals surface area contributed by atoms with Crippen molar-refractivity contribution in [3.05, 3.63) is 152 Å². The Morgan fingerprint density at radius 3 is 1.37 bits per heavy atom. The second-order valence-corrected chi connectivity index (χ2v) is 11.7. The fraction of sp³-hybridized carbons (Fsp3) is 0. The Labute approximate surface area is 248 Å². The Hall–Kier alpha value is -5.66. The van der Waals surface area contributed by atoms with E-state index in [9.17, 15) is 0 Å². The third kappa shape index (κ3) is 3.01. The van der Waals surface area contributed by atoms with E-state index in [4.69, 9.17) is 0 Å². The number of aromatic nitrogens is 1. The van der Waals surface area contributed by atoms with Crippen LogP contribution in [0.15, 0.2) is 152 Å². The standard InChI is InChI=1S/C42H25N/c1-2-12-27-25-28(24-23-26(27)11-1)39-33-15-5-7-17-35(33)42(36-18-8-6-16-34(36)39)43-37-21-9-19-31-29-13-3-4-14-30(29)32-20-10-22-38(43)41(32)40(31)37/h1-25H. The van der Waals surface area contributed by atoms with E-state index in [-0.39, 0.29) is 0 Å². The summed E-state index contributed by atoms with van der Waals surface area (Å²) in [5.74, 6) is 0. The van der Waals surface area contributed by atoms with E-state index in [0.29, 0.717) is 0 Å². The van der Waals surface area contributed by atoms with Crippen molar-refractivity contribution in [3.8, 4) is 16.8 Å². The highest BCUT2D eigenvalue weighted by Crippen LogP contribution is 2.47. The van der Waals surface area contributed by atoms with Crippen LogP contribution in [-0.4, -0.2) is 4.57 Å². The Morgan fingerprint density at radius 1 is 0.326 bits per heavy atom. The molecule has 43 heavy (non-hydrogen) atoms. The molecule has 9 aromatic carbocycles. The van der Waals surface area contributed by atoms with Crippen LogP contribution in [0.1, 0.15) is 0 Å². The maximum atomic E-state index is 2.54. The Bertz CT molecular complexity index is 2580. The first kappa shape index (κ1) is 23.0. The van der Waals surface area contributed by atoms with E-state index in [1.165, 1.54) is 92.5 Å². The van der Waals surface area contributed by atoms with Crippen LogP contribution in [0, 0.1) is 0 Å². The lowest BCUT2D eigenvalue weighted by atomic mass is 9.89. The minimum Gasteiger partial charge on any atom is -0.308 e. The molecule has 0 saturated carbocycles. The fourth-order valence-electron chi connectivity index (χ4n) is 7.75. The molecule has 10 rings (SSSR count). The predicted octanol–water partition coefficient (Wildman–Crippen LogP) is 11.7. The van der Waals surface area contributed by atoms with Gasteiger partial charge in [0.1, 0.15) is 0 Å². The lowest BCUT2D eigenvalue weighted by molar-refractivity contribution is 1.22. The molecule has 0 aliphatic heterocycles. The molecule has 0 aliphatic carbocycles. The first-order valence-electron chi connectivity index (χ1n) is 15.0. The number of hydrogen-bond donors (Lipinski definition) is 0. The van der Waals surface area contributed by atoms with Crippen LogP contribution < -0.4 is 0 Å². The molecule has 0 saturated heterocycles. The van der Waals surface area contributed by atoms with Crippen LogP contribution in [0.4, 0.5) is 0 Å². The zero-order chi connectivity index (χ0) is 28.1. The van der Waals surface area contributed by atoms with Gasteiger partial charge in [0.25, 0.3) is 0 Å². The van der Waals surface area contributed by atoms with Gasteiger partial charge in [-0.3, -0.25) is 0 Å². The minimum absolute atomic E-state index is 1.25. The van der Waals surface area contributed by atoms with Crippen molar-refractivity contribution in [2.75, 3.05) is 0 Å². The molecule has 1 aromatic heterocycles. The quantitative estimate of drug-likeness (QED) is 0.151. The van der Waals surface area contributed by atoms with Crippen molar-refractivity contribution >= 4 is 75.7 Å². The summed E-state index contributed by atoms with van der Waals surface area (Å²) >= 11 is 0. The first-order chi connectivity index (χ1) is 21.4. The van der Waals surface area contributed by atoms with Crippen molar-refractivity contribution in [3.63, 3.8) is 0 Å². The predicted molar refractivity (Wildman–Crippen MR) is 185 cm³/mol. The second-order valence-electron chi connectivity index (χ2n) is 11.7. The zero-order valence-electron chi connectivity index (χ0n) is 23.4. The SMILES string of the molecule is c1ccc2cc(-c3c4ccccc4c(-n4c5cccc6c7ccccc7c7cccc4c7c65)c4ccccc34)ccc2c1. The Morgan fingerprint density at radius 2 is 0.791 bits per heavy atom. The lowest BCUT2D eigenvalue weighted by Gasteiger charge is -2.19. The molecule has 0 atom stereocenters. The Balaban J connectivity index is 1.42. The van der Waals surface area contributed by atoms with Gasteiger partial charge in [0.05, 0.1) is 16.7 Å². The van der Waals surface area contributed by atoms with Crippen LogP contribution in [0.3, 0.4) is 0 Å². The average molecular weight is 544 g/mol. The summed E-state index contributed by atoms with van der Waals surface area (Å²) in [5.41, 5.74) is 6.29. The topological polar surface area (TPSA) is 4.93 Å². The molecule has 0 N–H and O–H groups in total.